The van der Waals surface area contributed by atoms with E-state index in [9.17, 15) is 9.59 Å². The van der Waals surface area contributed by atoms with Crippen molar-refractivity contribution in [3.05, 3.63) is 47.8 Å². The number of carbonyl (C=O) groups is 2. The van der Waals surface area contributed by atoms with Crippen LogP contribution >= 0.6 is 0 Å². The third-order valence-corrected chi connectivity index (χ3v) is 2.84. The standard InChI is InChI=1S/C14H15N3O3/c1-2-10-5-3-4-6-11(10)15-13(18)9-17-8-7-12(16-17)14(19)20/h3-8H,2,9H2,1H3,(H,15,18)(H,19,20). The quantitative estimate of drug-likeness (QED) is 0.869. The van der Waals surface area contributed by atoms with Crippen LogP contribution in [0.2, 0.25) is 0 Å². The number of anilines is 1. The summed E-state index contributed by atoms with van der Waals surface area (Å²) in [5.74, 6) is -1.36. The lowest BCUT2D eigenvalue weighted by Crippen LogP contribution is -2.20. The molecule has 0 aliphatic rings. The molecule has 6 heteroatoms. The molecule has 20 heavy (non-hydrogen) atoms. The molecule has 0 aliphatic heterocycles. The van der Waals surface area contributed by atoms with E-state index in [1.54, 1.807) is 0 Å². The minimum absolute atomic E-state index is 0.0225. The zero-order chi connectivity index (χ0) is 14.5. The molecular weight excluding hydrogens is 258 g/mol. The number of nitrogens with zero attached hydrogens (tertiary/aromatic N) is 2. The van der Waals surface area contributed by atoms with E-state index in [1.807, 2.05) is 31.2 Å². The number of hydrogen-bond acceptors (Lipinski definition) is 3. The van der Waals surface area contributed by atoms with Gasteiger partial charge in [-0.2, -0.15) is 5.10 Å². The molecule has 104 valence electrons. The lowest BCUT2D eigenvalue weighted by molar-refractivity contribution is -0.116. The van der Waals surface area contributed by atoms with Crippen molar-refractivity contribution in [2.45, 2.75) is 19.9 Å². The highest BCUT2D eigenvalue weighted by Crippen LogP contribution is 2.15. The van der Waals surface area contributed by atoms with Crippen molar-refractivity contribution in [2.75, 3.05) is 5.32 Å². The zero-order valence-electron chi connectivity index (χ0n) is 11.0. The van der Waals surface area contributed by atoms with Crippen LogP contribution in [0, 0.1) is 0 Å². The Bertz CT molecular complexity index is 634. The molecule has 2 aromatic rings. The molecule has 0 saturated heterocycles. The minimum Gasteiger partial charge on any atom is -0.476 e. The Kier molecular flexibility index (Phi) is 4.14. The monoisotopic (exact) mass is 273 g/mol. The highest BCUT2D eigenvalue weighted by Gasteiger charge is 2.10. The first-order valence-electron chi connectivity index (χ1n) is 6.24. The topological polar surface area (TPSA) is 84.2 Å². The number of aryl methyl sites for hydroxylation is 1. The summed E-state index contributed by atoms with van der Waals surface area (Å²) in [6.07, 6.45) is 2.29. The van der Waals surface area contributed by atoms with Crippen molar-refractivity contribution in [2.24, 2.45) is 0 Å². The molecule has 1 amide bonds. The van der Waals surface area contributed by atoms with Crippen LogP contribution in [0.4, 0.5) is 5.69 Å². The maximum atomic E-state index is 11.9. The first kappa shape index (κ1) is 13.8. The molecule has 1 heterocycles. The smallest absolute Gasteiger partial charge is 0.356 e. The number of aromatic nitrogens is 2. The summed E-state index contributed by atoms with van der Waals surface area (Å²) in [7, 11) is 0. The molecule has 2 rings (SSSR count). The van der Waals surface area contributed by atoms with E-state index >= 15 is 0 Å². The van der Waals surface area contributed by atoms with Gasteiger partial charge in [-0.3, -0.25) is 9.48 Å². The summed E-state index contributed by atoms with van der Waals surface area (Å²) < 4.78 is 1.30. The second-order valence-corrected chi connectivity index (χ2v) is 4.26. The summed E-state index contributed by atoms with van der Waals surface area (Å²) in [6.45, 7) is 1.99. The molecule has 0 aliphatic carbocycles. The summed E-state index contributed by atoms with van der Waals surface area (Å²) >= 11 is 0. The van der Waals surface area contributed by atoms with Gasteiger partial charge >= 0.3 is 5.97 Å². The first-order chi connectivity index (χ1) is 9.60. The second kappa shape index (κ2) is 6.01. The molecule has 1 aromatic carbocycles. The van der Waals surface area contributed by atoms with E-state index in [1.165, 1.54) is 16.9 Å². The molecule has 6 nitrogen and oxygen atoms in total. The van der Waals surface area contributed by atoms with Gasteiger partial charge in [-0.25, -0.2) is 4.79 Å². The Morgan fingerprint density at radius 1 is 1.30 bits per heavy atom. The molecule has 0 radical (unpaired) electrons. The van der Waals surface area contributed by atoms with Crippen LogP contribution in [0.3, 0.4) is 0 Å². The van der Waals surface area contributed by atoms with Crippen LogP contribution in [0.5, 0.6) is 0 Å². The third kappa shape index (κ3) is 3.23. The van der Waals surface area contributed by atoms with E-state index < -0.39 is 5.97 Å². The summed E-state index contributed by atoms with van der Waals surface area (Å²) in [6, 6.07) is 8.91. The highest BCUT2D eigenvalue weighted by atomic mass is 16.4. The molecule has 0 unspecified atom stereocenters. The van der Waals surface area contributed by atoms with Gasteiger partial charge in [0, 0.05) is 11.9 Å². The Hall–Kier alpha value is -2.63. The fraction of sp³-hybridized carbons (Fsp3) is 0.214. The average Bonchev–Trinajstić information content (AvgIpc) is 2.88. The zero-order valence-corrected chi connectivity index (χ0v) is 11.0. The number of carboxylic acids is 1. The Labute approximate surface area is 116 Å². The van der Waals surface area contributed by atoms with E-state index in [0.29, 0.717) is 0 Å². The first-order valence-corrected chi connectivity index (χ1v) is 6.24. The molecule has 0 spiro atoms. The fourth-order valence-corrected chi connectivity index (χ4v) is 1.85. The second-order valence-electron chi connectivity index (χ2n) is 4.26. The predicted molar refractivity (Wildman–Crippen MR) is 73.6 cm³/mol. The van der Waals surface area contributed by atoms with Crippen molar-refractivity contribution in [3.8, 4) is 0 Å². The number of benzene rings is 1. The summed E-state index contributed by atoms with van der Waals surface area (Å²) in [5, 5.41) is 15.4. The molecule has 0 bridgehead atoms. The number of carboxylic acid groups (broad SMARTS) is 1. The largest absolute Gasteiger partial charge is 0.476 e. The summed E-state index contributed by atoms with van der Waals surface area (Å²) in [5.41, 5.74) is 1.74. The maximum absolute atomic E-state index is 11.9. The predicted octanol–water partition coefficient (Wildman–Crippen LogP) is 1.78. The lowest BCUT2D eigenvalue weighted by Gasteiger charge is -2.09. The van der Waals surface area contributed by atoms with Gasteiger partial charge in [-0.05, 0) is 24.1 Å². The SMILES string of the molecule is CCc1ccccc1NC(=O)Cn1ccc(C(=O)O)n1. The van der Waals surface area contributed by atoms with Gasteiger partial charge in [0.15, 0.2) is 5.69 Å². The van der Waals surface area contributed by atoms with Gasteiger partial charge in [0.05, 0.1) is 0 Å². The molecule has 0 atom stereocenters. The number of nitrogens with one attached hydrogen (secondary N) is 1. The lowest BCUT2D eigenvalue weighted by atomic mass is 10.1. The van der Waals surface area contributed by atoms with Crippen molar-refractivity contribution in [3.63, 3.8) is 0 Å². The Morgan fingerprint density at radius 2 is 2.05 bits per heavy atom. The number of aromatic carboxylic acids is 1. The number of amides is 1. The molecule has 0 saturated carbocycles. The van der Waals surface area contributed by atoms with E-state index in [2.05, 4.69) is 10.4 Å². The number of hydrogen-bond donors (Lipinski definition) is 2. The van der Waals surface area contributed by atoms with Gasteiger partial charge in [-0.1, -0.05) is 25.1 Å². The van der Waals surface area contributed by atoms with Crippen LogP contribution in [0.25, 0.3) is 0 Å². The van der Waals surface area contributed by atoms with E-state index in [4.69, 9.17) is 5.11 Å². The number of para-hydroxylation sites is 1. The van der Waals surface area contributed by atoms with Crippen molar-refractivity contribution in [1.29, 1.82) is 0 Å². The van der Waals surface area contributed by atoms with Gasteiger partial charge in [0.25, 0.3) is 0 Å². The minimum atomic E-state index is -1.11. The molecule has 0 fully saturated rings. The fourth-order valence-electron chi connectivity index (χ4n) is 1.85. The Morgan fingerprint density at radius 3 is 2.70 bits per heavy atom. The van der Waals surface area contributed by atoms with Crippen LogP contribution < -0.4 is 5.32 Å². The Balaban J connectivity index is 2.03. The van der Waals surface area contributed by atoms with Crippen LogP contribution in [-0.4, -0.2) is 26.8 Å². The summed E-state index contributed by atoms with van der Waals surface area (Å²) in [4.78, 5) is 22.6. The van der Waals surface area contributed by atoms with Crippen LogP contribution in [0.1, 0.15) is 23.0 Å². The van der Waals surface area contributed by atoms with E-state index in [0.717, 1.165) is 17.7 Å². The normalized spacial score (nSPS) is 10.2. The van der Waals surface area contributed by atoms with Crippen LogP contribution in [0.15, 0.2) is 36.5 Å². The number of carbonyl (C=O) groups excluding carboxylic acids is 1. The van der Waals surface area contributed by atoms with Crippen LogP contribution in [-0.2, 0) is 17.8 Å². The van der Waals surface area contributed by atoms with Crippen molar-refractivity contribution in [1.82, 2.24) is 9.78 Å². The molecule has 1 aromatic heterocycles. The van der Waals surface area contributed by atoms with Gasteiger partial charge in [0.2, 0.25) is 5.91 Å². The van der Waals surface area contributed by atoms with Gasteiger partial charge in [-0.15, -0.1) is 0 Å². The molecule has 2 N–H and O–H groups in total. The van der Waals surface area contributed by atoms with Gasteiger partial charge < -0.3 is 10.4 Å². The maximum Gasteiger partial charge on any atom is 0.356 e. The highest BCUT2D eigenvalue weighted by molar-refractivity contribution is 5.91. The van der Waals surface area contributed by atoms with Crippen molar-refractivity contribution < 1.29 is 14.7 Å². The van der Waals surface area contributed by atoms with Crippen molar-refractivity contribution >= 4 is 17.6 Å². The van der Waals surface area contributed by atoms with Gasteiger partial charge in [0.1, 0.15) is 6.54 Å². The van der Waals surface area contributed by atoms with E-state index in [-0.39, 0.29) is 18.1 Å². The number of rotatable bonds is 5. The average molecular weight is 273 g/mol. The third-order valence-electron chi connectivity index (χ3n) is 2.84. The molecular formula is C14H15N3O3.